The third kappa shape index (κ3) is 2.01. The molecule has 0 unspecified atom stereocenters. The van der Waals surface area contributed by atoms with Crippen LogP contribution in [-0.2, 0) is 0 Å². The van der Waals surface area contributed by atoms with Crippen molar-refractivity contribution in [3.8, 4) is 11.3 Å². The fraction of sp³-hybridized carbons (Fsp3) is 0.0833. The van der Waals surface area contributed by atoms with Gasteiger partial charge in [0.25, 0.3) is 0 Å². The topological polar surface area (TPSA) is 12.9 Å². The number of hydrogen-bond acceptors (Lipinski definition) is 1. The van der Waals surface area contributed by atoms with Gasteiger partial charge in [0.15, 0.2) is 5.82 Å². The van der Waals surface area contributed by atoms with E-state index < -0.39 is 11.6 Å². The molecule has 0 radical (unpaired) electrons. The highest BCUT2D eigenvalue weighted by molar-refractivity contribution is 5.59. The number of aromatic nitrogens is 1. The largest absolute Gasteiger partial charge is 0.250 e. The summed E-state index contributed by atoms with van der Waals surface area (Å²) >= 11 is 0. The smallest absolute Gasteiger partial charge is 0.152 e. The second-order valence-electron chi connectivity index (χ2n) is 3.35. The first-order valence-corrected chi connectivity index (χ1v) is 4.55. The molecule has 2 rings (SSSR count). The van der Waals surface area contributed by atoms with Crippen molar-refractivity contribution in [2.24, 2.45) is 0 Å². The summed E-state index contributed by atoms with van der Waals surface area (Å²) in [4.78, 5) is 3.73. The standard InChI is InChI=1S/C12H9F2N/c1-8-2-4-9(5-3-8)12-11(14)6-10(13)7-15-12/h2-7H,1H3. The van der Waals surface area contributed by atoms with Gasteiger partial charge in [-0.15, -0.1) is 0 Å². The molecule has 0 fully saturated rings. The van der Waals surface area contributed by atoms with Gasteiger partial charge in [-0.1, -0.05) is 29.8 Å². The Morgan fingerprint density at radius 3 is 2.33 bits per heavy atom. The van der Waals surface area contributed by atoms with E-state index in [1.54, 1.807) is 12.1 Å². The molecule has 0 saturated heterocycles. The Labute approximate surface area is 86.4 Å². The summed E-state index contributed by atoms with van der Waals surface area (Å²) in [5.41, 5.74) is 1.91. The van der Waals surface area contributed by atoms with Gasteiger partial charge in [-0.2, -0.15) is 0 Å². The lowest BCUT2D eigenvalue weighted by atomic mass is 10.1. The first-order chi connectivity index (χ1) is 7.16. The van der Waals surface area contributed by atoms with E-state index in [1.807, 2.05) is 19.1 Å². The highest BCUT2D eigenvalue weighted by Gasteiger charge is 2.07. The Bertz CT molecular complexity index is 477. The molecule has 0 aliphatic rings. The molecular weight excluding hydrogens is 196 g/mol. The van der Waals surface area contributed by atoms with Crippen molar-refractivity contribution in [1.29, 1.82) is 0 Å². The van der Waals surface area contributed by atoms with Gasteiger partial charge in [0.05, 0.1) is 6.20 Å². The molecule has 3 heteroatoms. The van der Waals surface area contributed by atoms with Crippen molar-refractivity contribution in [3.63, 3.8) is 0 Å². The maximum Gasteiger partial charge on any atom is 0.152 e. The lowest BCUT2D eigenvalue weighted by Crippen LogP contribution is -1.90. The molecule has 0 saturated carbocycles. The lowest BCUT2D eigenvalue weighted by molar-refractivity contribution is 0.576. The Balaban J connectivity index is 2.49. The van der Waals surface area contributed by atoms with Gasteiger partial charge in [-0.3, -0.25) is 4.98 Å². The number of pyridine rings is 1. The Morgan fingerprint density at radius 1 is 1.07 bits per heavy atom. The van der Waals surface area contributed by atoms with Crippen molar-refractivity contribution < 1.29 is 8.78 Å². The molecule has 0 bridgehead atoms. The molecule has 0 spiro atoms. The molecule has 0 aliphatic carbocycles. The second kappa shape index (κ2) is 3.77. The van der Waals surface area contributed by atoms with Gasteiger partial charge in [0, 0.05) is 11.6 Å². The first kappa shape index (κ1) is 9.77. The van der Waals surface area contributed by atoms with Crippen molar-refractivity contribution in [2.45, 2.75) is 6.92 Å². The van der Waals surface area contributed by atoms with E-state index in [2.05, 4.69) is 4.98 Å². The minimum Gasteiger partial charge on any atom is -0.250 e. The van der Waals surface area contributed by atoms with E-state index in [0.717, 1.165) is 17.8 Å². The van der Waals surface area contributed by atoms with Crippen LogP contribution in [-0.4, -0.2) is 4.98 Å². The molecule has 0 amide bonds. The van der Waals surface area contributed by atoms with Crippen LogP contribution < -0.4 is 0 Å². The van der Waals surface area contributed by atoms with Crippen molar-refractivity contribution in [1.82, 2.24) is 4.98 Å². The number of hydrogen-bond donors (Lipinski definition) is 0. The van der Waals surface area contributed by atoms with Crippen LogP contribution in [0, 0.1) is 18.6 Å². The van der Waals surface area contributed by atoms with Crippen LogP contribution in [0.25, 0.3) is 11.3 Å². The fourth-order valence-electron chi connectivity index (χ4n) is 1.34. The third-order valence-corrected chi connectivity index (χ3v) is 2.13. The zero-order valence-electron chi connectivity index (χ0n) is 8.17. The number of aryl methyl sites for hydroxylation is 1. The third-order valence-electron chi connectivity index (χ3n) is 2.13. The molecule has 1 heterocycles. The molecular formula is C12H9F2N. The predicted molar refractivity (Wildman–Crippen MR) is 54.3 cm³/mol. The van der Waals surface area contributed by atoms with Crippen LogP contribution in [0.5, 0.6) is 0 Å². The molecule has 0 aliphatic heterocycles. The lowest BCUT2D eigenvalue weighted by Gasteiger charge is -2.02. The fourth-order valence-corrected chi connectivity index (χ4v) is 1.34. The van der Waals surface area contributed by atoms with Gasteiger partial charge in [0.1, 0.15) is 11.5 Å². The molecule has 15 heavy (non-hydrogen) atoms. The first-order valence-electron chi connectivity index (χ1n) is 4.55. The van der Waals surface area contributed by atoms with Crippen molar-refractivity contribution in [3.05, 3.63) is 53.7 Å². The van der Waals surface area contributed by atoms with Gasteiger partial charge in [-0.25, -0.2) is 8.78 Å². The molecule has 0 N–H and O–H groups in total. The summed E-state index contributed by atoms with van der Waals surface area (Å²) in [5, 5.41) is 0. The SMILES string of the molecule is Cc1ccc(-c2ncc(F)cc2F)cc1. The number of benzene rings is 1. The average molecular weight is 205 g/mol. The van der Waals surface area contributed by atoms with Crippen molar-refractivity contribution in [2.75, 3.05) is 0 Å². The highest BCUT2D eigenvalue weighted by atomic mass is 19.1. The maximum absolute atomic E-state index is 13.3. The number of nitrogens with zero attached hydrogens (tertiary/aromatic N) is 1. The molecule has 1 nitrogen and oxygen atoms in total. The number of halogens is 2. The van der Waals surface area contributed by atoms with E-state index in [4.69, 9.17) is 0 Å². The predicted octanol–water partition coefficient (Wildman–Crippen LogP) is 3.34. The molecule has 2 aromatic rings. The maximum atomic E-state index is 13.3. The molecule has 1 aromatic carbocycles. The summed E-state index contributed by atoms with van der Waals surface area (Å²) < 4.78 is 26.0. The molecule has 0 atom stereocenters. The summed E-state index contributed by atoms with van der Waals surface area (Å²) in [6.45, 7) is 1.94. The van der Waals surface area contributed by atoms with E-state index in [1.165, 1.54) is 0 Å². The summed E-state index contributed by atoms with van der Waals surface area (Å²) in [6, 6.07) is 8.08. The van der Waals surface area contributed by atoms with E-state index in [0.29, 0.717) is 5.56 Å². The Hall–Kier alpha value is -1.77. The highest BCUT2D eigenvalue weighted by Crippen LogP contribution is 2.20. The quantitative estimate of drug-likeness (QED) is 0.695. The zero-order valence-corrected chi connectivity index (χ0v) is 8.17. The minimum atomic E-state index is -0.664. The summed E-state index contributed by atoms with van der Waals surface area (Å²) in [5.74, 6) is -1.30. The van der Waals surface area contributed by atoms with Gasteiger partial charge >= 0.3 is 0 Å². The number of rotatable bonds is 1. The van der Waals surface area contributed by atoms with Crippen LogP contribution in [0.15, 0.2) is 36.5 Å². The average Bonchev–Trinajstić information content (AvgIpc) is 2.20. The van der Waals surface area contributed by atoms with Crippen LogP contribution in [0.2, 0.25) is 0 Å². The van der Waals surface area contributed by atoms with Gasteiger partial charge < -0.3 is 0 Å². The molecule has 76 valence electrons. The van der Waals surface area contributed by atoms with Crippen LogP contribution in [0.4, 0.5) is 8.78 Å². The zero-order chi connectivity index (χ0) is 10.8. The van der Waals surface area contributed by atoms with Gasteiger partial charge in [0.2, 0.25) is 0 Å². The van der Waals surface area contributed by atoms with E-state index in [9.17, 15) is 8.78 Å². The Morgan fingerprint density at radius 2 is 1.73 bits per heavy atom. The normalized spacial score (nSPS) is 10.3. The monoisotopic (exact) mass is 205 g/mol. The second-order valence-corrected chi connectivity index (χ2v) is 3.35. The summed E-state index contributed by atoms with van der Waals surface area (Å²) in [7, 11) is 0. The van der Waals surface area contributed by atoms with Crippen LogP contribution >= 0.6 is 0 Å². The van der Waals surface area contributed by atoms with Crippen LogP contribution in [0.3, 0.4) is 0 Å². The van der Waals surface area contributed by atoms with E-state index in [-0.39, 0.29) is 5.69 Å². The van der Waals surface area contributed by atoms with Gasteiger partial charge in [-0.05, 0) is 6.92 Å². The van der Waals surface area contributed by atoms with Crippen molar-refractivity contribution >= 4 is 0 Å². The minimum absolute atomic E-state index is 0.177. The molecule has 1 aromatic heterocycles. The van der Waals surface area contributed by atoms with Crippen LogP contribution in [0.1, 0.15) is 5.56 Å². The van der Waals surface area contributed by atoms with E-state index >= 15 is 0 Å². The summed E-state index contributed by atoms with van der Waals surface area (Å²) in [6.07, 6.45) is 1.01. The Kier molecular flexibility index (Phi) is 2.46.